The summed E-state index contributed by atoms with van der Waals surface area (Å²) in [4.78, 5) is 22.1. The fourth-order valence-corrected chi connectivity index (χ4v) is 3.71. The Morgan fingerprint density at radius 1 is 1.13 bits per heavy atom. The van der Waals surface area contributed by atoms with E-state index in [0.717, 1.165) is 29.6 Å². The van der Waals surface area contributed by atoms with Crippen molar-refractivity contribution in [3.8, 4) is 23.0 Å². The lowest BCUT2D eigenvalue weighted by atomic mass is 10.2. The van der Waals surface area contributed by atoms with E-state index in [1.165, 1.54) is 12.4 Å². The monoisotopic (exact) mass is 421 g/mol. The first kappa shape index (κ1) is 19.1. The Morgan fingerprint density at radius 2 is 1.90 bits per heavy atom. The molecular formula is C22H17F2N5O2. The fraction of sp³-hybridized carbons (Fsp3) is 0.182. The summed E-state index contributed by atoms with van der Waals surface area (Å²) in [6.07, 6.45) is 2.30. The highest BCUT2D eigenvalue weighted by Crippen LogP contribution is 2.27. The van der Waals surface area contributed by atoms with Crippen molar-refractivity contribution in [2.45, 2.75) is 26.3 Å². The first-order chi connectivity index (χ1) is 15.0. The molecule has 0 aliphatic rings. The number of nitrogens with zero attached hydrogens (tertiary/aromatic N) is 5. The molecule has 0 saturated carbocycles. The average Bonchev–Trinajstić information content (AvgIpc) is 3.41. The lowest BCUT2D eigenvalue weighted by molar-refractivity contribution is 0.429. The Balaban J connectivity index is 1.75. The molecule has 7 nitrogen and oxygen atoms in total. The van der Waals surface area contributed by atoms with Gasteiger partial charge in [-0.2, -0.15) is 4.98 Å². The van der Waals surface area contributed by atoms with Crippen molar-refractivity contribution in [2.75, 3.05) is 0 Å². The molecule has 1 atom stereocenters. The number of hydrogen-bond acceptors (Lipinski definition) is 5. The molecular weight excluding hydrogens is 404 g/mol. The Morgan fingerprint density at radius 3 is 2.65 bits per heavy atom. The zero-order chi connectivity index (χ0) is 21.7. The third-order valence-electron chi connectivity index (χ3n) is 5.42. The molecule has 3 heterocycles. The minimum Gasteiger partial charge on any atom is -0.333 e. The molecule has 3 aromatic heterocycles. The van der Waals surface area contributed by atoms with E-state index in [1.807, 2.05) is 38.1 Å². The molecule has 0 amide bonds. The average molecular weight is 421 g/mol. The standard InChI is InChI=1S/C22H17F2N5O2/c1-3-12(2)29-17-7-5-4-6-16(17)28-11-25-18(19(28)22(29)30)20-26-21(31-27-20)14-9-8-13(23)10-15(14)24/h4-12H,3H2,1-2H3. The Hall–Kier alpha value is -3.88. The van der Waals surface area contributed by atoms with Crippen molar-refractivity contribution in [1.82, 2.24) is 24.1 Å². The van der Waals surface area contributed by atoms with Crippen LogP contribution in [0.3, 0.4) is 0 Å². The van der Waals surface area contributed by atoms with Gasteiger partial charge in [-0.3, -0.25) is 9.20 Å². The molecule has 31 heavy (non-hydrogen) atoms. The van der Waals surface area contributed by atoms with Gasteiger partial charge in [0.25, 0.3) is 11.4 Å². The number of imidazole rings is 1. The number of halogens is 2. The molecule has 5 aromatic rings. The van der Waals surface area contributed by atoms with E-state index in [2.05, 4.69) is 15.1 Å². The van der Waals surface area contributed by atoms with Crippen LogP contribution in [-0.2, 0) is 0 Å². The molecule has 0 aliphatic heterocycles. The molecule has 0 fully saturated rings. The number of rotatable bonds is 4. The van der Waals surface area contributed by atoms with E-state index < -0.39 is 11.6 Å². The van der Waals surface area contributed by atoms with Gasteiger partial charge in [0.15, 0.2) is 0 Å². The largest absolute Gasteiger partial charge is 0.333 e. The van der Waals surface area contributed by atoms with Crippen molar-refractivity contribution in [1.29, 1.82) is 0 Å². The van der Waals surface area contributed by atoms with Crippen LogP contribution in [0.5, 0.6) is 0 Å². The molecule has 156 valence electrons. The van der Waals surface area contributed by atoms with Crippen LogP contribution in [-0.4, -0.2) is 24.1 Å². The van der Waals surface area contributed by atoms with Gasteiger partial charge in [0.1, 0.15) is 29.2 Å². The quantitative estimate of drug-likeness (QED) is 0.423. The highest BCUT2D eigenvalue weighted by molar-refractivity contribution is 5.83. The topological polar surface area (TPSA) is 78.2 Å². The van der Waals surface area contributed by atoms with Crippen molar-refractivity contribution in [3.63, 3.8) is 0 Å². The molecule has 1 unspecified atom stereocenters. The molecule has 9 heteroatoms. The van der Waals surface area contributed by atoms with Crippen LogP contribution in [0.1, 0.15) is 26.3 Å². The maximum atomic E-state index is 14.1. The Kier molecular flexibility index (Phi) is 4.39. The summed E-state index contributed by atoms with van der Waals surface area (Å²) in [5.41, 5.74) is 1.85. The highest BCUT2D eigenvalue weighted by atomic mass is 19.1. The van der Waals surface area contributed by atoms with Crippen LogP contribution >= 0.6 is 0 Å². The van der Waals surface area contributed by atoms with E-state index in [0.29, 0.717) is 5.52 Å². The second-order valence-corrected chi connectivity index (χ2v) is 7.28. The summed E-state index contributed by atoms with van der Waals surface area (Å²) in [5.74, 6) is -1.62. The predicted octanol–water partition coefficient (Wildman–Crippen LogP) is 4.62. The van der Waals surface area contributed by atoms with Gasteiger partial charge in [0.05, 0.1) is 16.6 Å². The zero-order valence-electron chi connectivity index (χ0n) is 16.7. The summed E-state index contributed by atoms with van der Waals surface area (Å²) in [7, 11) is 0. The first-order valence-corrected chi connectivity index (χ1v) is 9.79. The van der Waals surface area contributed by atoms with Crippen LogP contribution < -0.4 is 5.56 Å². The maximum absolute atomic E-state index is 14.1. The molecule has 0 aliphatic carbocycles. The summed E-state index contributed by atoms with van der Waals surface area (Å²) >= 11 is 0. The van der Waals surface area contributed by atoms with Gasteiger partial charge in [-0.25, -0.2) is 13.8 Å². The molecule has 5 rings (SSSR count). The highest BCUT2D eigenvalue weighted by Gasteiger charge is 2.23. The Bertz CT molecular complexity index is 1500. The van der Waals surface area contributed by atoms with Crippen LogP contribution in [0.2, 0.25) is 0 Å². The number of aromatic nitrogens is 5. The Labute approximate surface area is 174 Å². The van der Waals surface area contributed by atoms with Crippen molar-refractivity contribution in [2.24, 2.45) is 0 Å². The predicted molar refractivity (Wildman–Crippen MR) is 111 cm³/mol. The van der Waals surface area contributed by atoms with Gasteiger partial charge >= 0.3 is 0 Å². The molecule has 0 spiro atoms. The summed E-state index contributed by atoms with van der Waals surface area (Å²) < 4.78 is 35.9. The number of para-hydroxylation sites is 2. The number of benzene rings is 2. The van der Waals surface area contributed by atoms with E-state index in [1.54, 1.807) is 8.97 Å². The van der Waals surface area contributed by atoms with Gasteiger partial charge in [-0.05, 0) is 37.6 Å². The van der Waals surface area contributed by atoms with E-state index in [4.69, 9.17) is 4.52 Å². The molecule has 0 bridgehead atoms. The van der Waals surface area contributed by atoms with Crippen LogP contribution in [0.25, 0.3) is 39.5 Å². The van der Waals surface area contributed by atoms with Gasteiger partial charge in [-0.1, -0.05) is 24.2 Å². The third kappa shape index (κ3) is 2.92. The lowest BCUT2D eigenvalue weighted by Crippen LogP contribution is -2.25. The minimum absolute atomic E-state index is 0.0360. The second-order valence-electron chi connectivity index (χ2n) is 7.28. The molecule has 0 saturated heterocycles. The van der Waals surface area contributed by atoms with Crippen LogP contribution in [0.4, 0.5) is 8.78 Å². The second kappa shape index (κ2) is 7.12. The first-order valence-electron chi connectivity index (χ1n) is 9.79. The zero-order valence-corrected chi connectivity index (χ0v) is 16.7. The van der Waals surface area contributed by atoms with Crippen molar-refractivity contribution < 1.29 is 13.3 Å². The van der Waals surface area contributed by atoms with Gasteiger partial charge in [-0.15, -0.1) is 0 Å². The molecule has 0 N–H and O–H groups in total. The molecule has 2 aromatic carbocycles. The normalized spacial score (nSPS) is 12.6. The number of hydrogen-bond donors (Lipinski definition) is 0. The number of fused-ring (bicyclic) bond motifs is 3. The summed E-state index contributed by atoms with van der Waals surface area (Å²) in [5, 5.41) is 3.89. The van der Waals surface area contributed by atoms with E-state index in [-0.39, 0.29) is 34.6 Å². The lowest BCUT2D eigenvalue weighted by Gasteiger charge is -2.17. The van der Waals surface area contributed by atoms with Gasteiger partial charge in [0.2, 0.25) is 5.82 Å². The van der Waals surface area contributed by atoms with Crippen LogP contribution in [0.15, 0.2) is 58.1 Å². The van der Waals surface area contributed by atoms with Crippen LogP contribution in [0, 0.1) is 11.6 Å². The smallest absolute Gasteiger partial charge is 0.278 e. The summed E-state index contributed by atoms with van der Waals surface area (Å²) in [6.45, 7) is 3.99. The fourth-order valence-electron chi connectivity index (χ4n) is 3.71. The SMILES string of the molecule is CCC(C)n1c(=O)c2c(-c3noc(-c4ccc(F)cc4F)n3)ncn2c2ccccc21. The van der Waals surface area contributed by atoms with Crippen molar-refractivity contribution >= 4 is 16.6 Å². The molecule has 0 radical (unpaired) electrons. The minimum atomic E-state index is -0.824. The van der Waals surface area contributed by atoms with E-state index in [9.17, 15) is 13.6 Å². The van der Waals surface area contributed by atoms with Gasteiger partial charge < -0.3 is 9.09 Å². The van der Waals surface area contributed by atoms with Gasteiger partial charge in [0, 0.05) is 12.1 Å². The third-order valence-corrected chi connectivity index (χ3v) is 5.42. The van der Waals surface area contributed by atoms with Crippen molar-refractivity contribution in [3.05, 3.63) is 70.8 Å². The van der Waals surface area contributed by atoms with E-state index >= 15 is 0 Å². The maximum Gasteiger partial charge on any atom is 0.278 e. The summed E-state index contributed by atoms with van der Waals surface area (Å²) in [6, 6.07) is 10.6.